The molecule has 0 aliphatic heterocycles. The number of anilines is 1. The second kappa shape index (κ2) is 6.75. The average Bonchev–Trinajstić information content (AvgIpc) is 3.40. The largest absolute Gasteiger partial charge is 0.382 e. The molecule has 0 radical (unpaired) electrons. The summed E-state index contributed by atoms with van der Waals surface area (Å²) in [6.07, 6.45) is 4.76. The lowest BCUT2D eigenvalue weighted by atomic mass is 10.0. The number of para-hydroxylation sites is 1. The number of nitrogens with one attached hydrogen (secondary N) is 1. The van der Waals surface area contributed by atoms with Gasteiger partial charge in [0.1, 0.15) is 6.10 Å². The van der Waals surface area contributed by atoms with Crippen molar-refractivity contribution in [2.45, 2.75) is 25.9 Å². The molecule has 118 valence electrons. The number of amides is 1. The summed E-state index contributed by atoms with van der Waals surface area (Å²) >= 11 is 0. The van der Waals surface area contributed by atoms with Crippen molar-refractivity contribution in [2.75, 3.05) is 5.32 Å². The van der Waals surface area contributed by atoms with Crippen LogP contribution in [0.3, 0.4) is 0 Å². The predicted molar refractivity (Wildman–Crippen MR) is 89.9 cm³/mol. The van der Waals surface area contributed by atoms with E-state index in [0.717, 1.165) is 5.57 Å². The molecule has 3 rings (SSSR count). The molecule has 1 heterocycles. The van der Waals surface area contributed by atoms with Crippen molar-refractivity contribution in [2.24, 2.45) is 5.92 Å². The zero-order chi connectivity index (χ0) is 16.2. The Bertz CT molecular complexity index is 721. The molecule has 1 unspecified atom stereocenters. The summed E-state index contributed by atoms with van der Waals surface area (Å²) in [6, 6.07) is 12.7. The summed E-state index contributed by atoms with van der Waals surface area (Å²) in [5.74, 6) is 0.408. The maximum Gasteiger partial charge on any atom is 0.248 e. The van der Waals surface area contributed by atoms with E-state index >= 15 is 0 Å². The molecule has 4 nitrogen and oxygen atoms in total. The van der Waals surface area contributed by atoms with E-state index in [4.69, 9.17) is 0 Å². The SMILES string of the molecule is CC(=CC(=O)Nc1ccccc1C(O)c1ccccn1)C1CC1. The molecule has 0 saturated heterocycles. The molecule has 1 aliphatic carbocycles. The minimum absolute atomic E-state index is 0.157. The van der Waals surface area contributed by atoms with Gasteiger partial charge < -0.3 is 10.4 Å². The van der Waals surface area contributed by atoms with Crippen LogP contribution in [0.1, 0.15) is 37.1 Å². The monoisotopic (exact) mass is 308 g/mol. The first-order valence-electron chi connectivity index (χ1n) is 7.82. The molecule has 4 heteroatoms. The molecule has 2 aromatic rings. The van der Waals surface area contributed by atoms with E-state index in [1.54, 1.807) is 36.5 Å². The number of aliphatic hydroxyl groups is 1. The smallest absolute Gasteiger partial charge is 0.248 e. The molecule has 1 aromatic heterocycles. The van der Waals surface area contributed by atoms with Crippen molar-refractivity contribution in [3.05, 3.63) is 71.6 Å². The minimum atomic E-state index is -0.874. The molecular formula is C19H20N2O2. The highest BCUT2D eigenvalue weighted by atomic mass is 16.3. The Morgan fingerprint density at radius 2 is 2.00 bits per heavy atom. The fourth-order valence-electron chi connectivity index (χ4n) is 2.58. The highest BCUT2D eigenvalue weighted by molar-refractivity contribution is 6.00. The van der Waals surface area contributed by atoms with E-state index in [9.17, 15) is 9.90 Å². The first-order valence-corrected chi connectivity index (χ1v) is 7.82. The summed E-state index contributed by atoms with van der Waals surface area (Å²) in [5.41, 5.74) is 2.91. The summed E-state index contributed by atoms with van der Waals surface area (Å²) in [5, 5.41) is 13.4. The van der Waals surface area contributed by atoms with E-state index in [1.165, 1.54) is 12.8 Å². The van der Waals surface area contributed by atoms with Crippen molar-refractivity contribution < 1.29 is 9.90 Å². The Morgan fingerprint density at radius 3 is 2.70 bits per heavy atom. The lowest BCUT2D eigenvalue weighted by Crippen LogP contribution is -2.13. The number of benzene rings is 1. The van der Waals surface area contributed by atoms with Crippen LogP contribution >= 0.6 is 0 Å². The molecule has 0 bridgehead atoms. The van der Waals surface area contributed by atoms with E-state index in [2.05, 4.69) is 10.3 Å². The van der Waals surface area contributed by atoms with Gasteiger partial charge in [-0.15, -0.1) is 0 Å². The van der Waals surface area contributed by atoms with Gasteiger partial charge in [0.2, 0.25) is 5.91 Å². The van der Waals surface area contributed by atoms with Gasteiger partial charge in [0.15, 0.2) is 0 Å². The van der Waals surface area contributed by atoms with Gasteiger partial charge in [-0.3, -0.25) is 9.78 Å². The fraction of sp³-hybridized carbons (Fsp3) is 0.263. The van der Waals surface area contributed by atoms with E-state index < -0.39 is 6.10 Å². The maximum atomic E-state index is 12.2. The lowest BCUT2D eigenvalue weighted by Gasteiger charge is -2.15. The van der Waals surface area contributed by atoms with Crippen LogP contribution in [0, 0.1) is 5.92 Å². The molecule has 1 amide bonds. The van der Waals surface area contributed by atoms with Crippen LogP contribution in [-0.4, -0.2) is 16.0 Å². The average molecular weight is 308 g/mol. The van der Waals surface area contributed by atoms with Gasteiger partial charge in [-0.2, -0.15) is 0 Å². The third-order valence-corrected chi connectivity index (χ3v) is 4.06. The number of rotatable bonds is 5. The summed E-state index contributed by atoms with van der Waals surface area (Å²) in [4.78, 5) is 16.4. The third kappa shape index (κ3) is 3.85. The Balaban J connectivity index is 1.80. The van der Waals surface area contributed by atoms with Crippen LogP contribution in [-0.2, 0) is 4.79 Å². The number of carbonyl (C=O) groups excluding carboxylic acids is 1. The number of aliphatic hydroxyl groups excluding tert-OH is 1. The zero-order valence-electron chi connectivity index (χ0n) is 13.1. The Hall–Kier alpha value is -2.46. The Kier molecular flexibility index (Phi) is 4.53. The van der Waals surface area contributed by atoms with Crippen molar-refractivity contribution >= 4 is 11.6 Å². The van der Waals surface area contributed by atoms with E-state index in [-0.39, 0.29) is 5.91 Å². The highest BCUT2D eigenvalue weighted by Crippen LogP contribution is 2.36. The van der Waals surface area contributed by atoms with Gasteiger partial charge in [0.25, 0.3) is 0 Å². The Morgan fingerprint density at radius 1 is 1.26 bits per heavy atom. The number of carbonyl (C=O) groups is 1. The van der Waals surface area contributed by atoms with Crippen molar-refractivity contribution in [1.29, 1.82) is 0 Å². The molecule has 1 aromatic carbocycles. The predicted octanol–water partition coefficient (Wildman–Crippen LogP) is 3.46. The fourth-order valence-corrected chi connectivity index (χ4v) is 2.58. The molecule has 1 atom stereocenters. The van der Waals surface area contributed by atoms with Crippen LogP contribution in [0.5, 0.6) is 0 Å². The first kappa shape index (κ1) is 15.4. The Labute approximate surface area is 135 Å². The molecule has 2 N–H and O–H groups in total. The normalized spacial score (nSPS) is 16.0. The molecule has 1 aliphatic rings. The number of aromatic nitrogens is 1. The number of nitrogens with zero attached hydrogens (tertiary/aromatic N) is 1. The molecule has 0 spiro atoms. The van der Waals surface area contributed by atoms with Gasteiger partial charge >= 0.3 is 0 Å². The second-order valence-electron chi connectivity index (χ2n) is 5.90. The van der Waals surface area contributed by atoms with Crippen molar-refractivity contribution in [3.8, 4) is 0 Å². The molecule has 1 fully saturated rings. The zero-order valence-corrected chi connectivity index (χ0v) is 13.1. The highest BCUT2D eigenvalue weighted by Gasteiger charge is 2.23. The number of pyridine rings is 1. The van der Waals surface area contributed by atoms with Crippen LogP contribution < -0.4 is 5.32 Å². The van der Waals surface area contributed by atoms with Crippen LogP contribution in [0.25, 0.3) is 0 Å². The van der Waals surface area contributed by atoms with Crippen molar-refractivity contribution in [1.82, 2.24) is 4.98 Å². The van der Waals surface area contributed by atoms with E-state index in [0.29, 0.717) is 22.9 Å². The second-order valence-corrected chi connectivity index (χ2v) is 5.90. The first-order chi connectivity index (χ1) is 11.1. The van der Waals surface area contributed by atoms with Crippen LogP contribution in [0.4, 0.5) is 5.69 Å². The van der Waals surface area contributed by atoms with E-state index in [1.807, 2.05) is 25.1 Å². The third-order valence-electron chi connectivity index (χ3n) is 4.06. The topological polar surface area (TPSA) is 62.2 Å². The minimum Gasteiger partial charge on any atom is -0.382 e. The summed E-state index contributed by atoms with van der Waals surface area (Å²) in [6.45, 7) is 1.99. The van der Waals surface area contributed by atoms with Crippen LogP contribution in [0.2, 0.25) is 0 Å². The number of hydrogen-bond donors (Lipinski definition) is 2. The van der Waals surface area contributed by atoms with Gasteiger partial charge in [-0.25, -0.2) is 0 Å². The molecule has 1 saturated carbocycles. The standard InChI is InChI=1S/C19H20N2O2/c1-13(14-9-10-14)12-18(22)21-16-7-3-2-6-15(16)19(23)17-8-4-5-11-20-17/h2-8,11-12,14,19,23H,9-10H2,1H3,(H,21,22). The quantitative estimate of drug-likeness (QED) is 0.832. The maximum absolute atomic E-state index is 12.2. The number of allylic oxidation sites excluding steroid dienone is 1. The lowest BCUT2D eigenvalue weighted by molar-refractivity contribution is -0.112. The molecular weight excluding hydrogens is 288 g/mol. The number of hydrogen-bond acceptors (Lipinski definition) is 3. The van der Waals surface area contributed by atoms with Crippen LogP contribution in [0.15, 0.2) is 60.3 Å². The van der Waals surface area contributed by atoms with Crippen molar-refractivity contribution in [3.63, 3.8) is 0 Å². The van der Waals surface area contributed by atoms with Gasteiger partial charge in [-0.05, 0) is 43.9 Å². The summed E-state index contributed by atoms with van der Waals surface area (Å²) in [7, 11) is 0. The summed E-state index contributed by atoms with van der Waals surface area (Å²) < 4.78 is 0. The van der Waals surface area contributed by atoms with Gasteiger partial charge in [0.05, 0.1) is 5.69 Å². The van der Waals surface area contributed by atoms with Gasteiger partial charge in [-0.1, -0.05) is 29.8 Å². The van der Waals surface area contributed by atoms with Gasteiger partial charge in [0, 0.05) is 23.5 Å². The molecule has 23 heavy (non-hydrogen) atoms.